The lowest BCUT2D eigenvalue weighted by Gasteiger charge is -2.08. The Morgan fingerprint density at radius 2 is 2.31 bits per heavy atom. The molecule has 0 bridgehead atoms. The second kappa shape index (κ2) is 5.15. The third kappa shape index (κ3) is 3.60. The summed E-state index contributed by atoms with van der Waals surface area (Å²) in [6, 6.07) is -0.443. The van der Waals surface area contributed by atoms with Crippen molar-refractivity contribution in [3.8, 4) is 0 Å². The normalized spacial score (nSPS) is 11.9. The SMILES string of the molecule is CC(CNC(=O)Nc1cnn(C)c1)C(=O)O. The number of hydrogen-bond donors (Lipinski definition) is 3. The fourth-order valence-electron chi connectivity index (χ4n) is 0.994. The number of urea groups is 1. The largest absolute Gasteiger partial charge is 0.481 e. The standard InChI is InChI=1S/C9H14N4O3/c1-6(8(14)15)3-10-9(16)12-7-4-11-13(2)5-7/h4-6H,3H2,1-2H3,(H,14,15)(H2,10,12,16). The average Bonchev–Trinajstić information content (AvgIpc) is 2.60. The number of carboxylic acids is 1. The van der Waals surface area contributed by atoms with Gasteiger partial charge in [-0.2, -0.15) is 5.10 Å². The average molecular weight is 226 g/mol. The van der Waals surface area contributed by atoms with Crippen molar-refractivity contribution in [1.29, 1.82) is 0 Å². The summed E-state index contributed by atoms with van der Waals surface area (Å²) in [6.07, 6.45) is 3.14. The molecule has 0 saturated carbocycles. The monoisotopic (exact) mass is 226 g/mol. The first-order valence-electron chi connectivity index (χ1n) is 4.75. The topological polar surface area (TPSA) is 96.3 Å². The Kier molecular flexibility index (Phi) is 3.87. The smallest absolute Gasteiger partial charge is 0.319 e. The Hall–Kier alpha value is -2.05. The van der Waals surface area contributed by atoms with E-state index in [1.807, 2.05) is 0 Å². The first-order chi connectivity index (χ1) is 7.49. The van der Waals surface area contributed by atoms with Crippen molar-refractivity contribution in [2.45, 2.75) is 6.92 Å². The molecule has 0 aliphatic heterocycles. The van der Waals surface area contributed by atoms with Gasteiger partial charge >= 0.3 is 12.0 Å². The fourth-order valence-corrected chi connectivity index (χ4v) is 0.994. The van der Waals surface area contributed by atoms with Gasteiger partial charge in [-0.3, -0.25) is 9.48 Å². The van der Waals surface area contributed by atoms with Gasteiger partial charge in [-0.05, 0) is 0 Å². The van der Waals surface area contributed by atoms with Gasteiger partial charge in [0.1, 0.15) is 0 Å². The first-order valence-corrected chi connectivity index (χ1v) is 4.75. The van der Waals surface area contributed by atoms with Crippen LogP contribution >= 0.6 is 0 Å². The van der Waals surface area contributed by atoms with Crippen molar-refractivity contribution in [2.24, 2.45) is 13.0 Å². The van der Waals surface area contributed by atoms with Crippen LogP contribution < -0.4 is 10.6 Å². The number of amides is 2. The van der Waals surface area contributed by atoms with E-state index in [9.17, 15) is 9.59 Å². The number of carboxylic acid groups (broad SMARTS) is 1. The van der Waals surface area contributed by atoms with Gasteiger partial charge in [-0.15, -0.1) is 0 Å². The van der Waals surface area contributed by atoms with Crippen molar-refractivity contribution >= 4 is 17.7 Å². The summed E-state index contributed by atoms with van der Waals surface area (Å²) in [5.41, 5.74) is 0.558. The van der Waals surface area contributed by atoms with E-state index in [1.165, 1.54) is 13.1 Å². The van der Waals surface area contributed by atoms with Crippen LogP contribution in [-0.4, -0.2) is 33.4 Å². The predicted octanol–water partition coefficient (Wildman–Crippen LogP) is 0.262. The summed E-state index contributed by atoms with van der Waals surface area (Å²) in [5.74, 6) is -1.55. The van der Waals surface area contributed by atoms with Crippen molar-refractivity contribution in [3.05, 3.63) is 12.4 Å². The summed E-state index contributed by atoms with van der Waals surface area (Å²) < 4.78 is 1.55. The molecule has 1 aromatic rings. The van der Waals surface area contributed by atoms with E-state index in [1.54, 1.807) is 17.9 Å². The highest BCUT2D eigenvalue weighted by atomic mass is 16.4. The van der Waals surface area contributed by atoms with Gasteiger partial charge < -0.3 is 15.7 Å². The molecule has 1 aromatic heterocycles. The van der Waals surface area contributed by atoms with E-state index in [2.05, 4.69) is 15.7 Å². The summed E-state index contributed by atoms with van der Waals surface area (Å²) in [7, 11) is 1.73. The number of carbonyl (C=O) groups excluding carboxylic acids is 1. The minimum atomic E-state index is -0.943. The zero-order valence-electron chi connectivity index (χ0n) is 9.10. The number of hydrogen-bond acceptors (Lipinski definition) is 3. The van der Waals surface area contributed by atoms with Gasteiger partial charge in [-0.25, -0.2) is 4.79 Å². The van der Waals surface area contributed by atoms with E-state index >= 15 is 0 Å². The van der Waals surface area contributed by atoms with Crippen molar-refractivity contribution < 1.29 is 14.7 Å². The van der Waals surface area contributed by atoms with Gasteiger partial charge in [0.15, 0.2) is 0 Å². The maximum atomic E-state index is 11.3. The number of anilines is 1. The van der Waals surface area contributed by atoms with Gasteiger partial charge in [0.2, 0.25) is 0 Å². The van der Waals surface area contributed by atoms with Crippen LogP contribution in [0.5, 0.6) is 0 Å². The maximum Gasteiger partial charge on any atom is 0.319 e. The van der Waals surface area contributed by atoms with E-state index in [4.69, 9.17) is 5.11 Å². The Labute approximate surface area is 92.4 Å². The molecule has 0 fully saturated rings. The van der Waals surface area contributed by atoms with Crippen LogP contribution in [0, 0.1) is 5.92 Å². The molecule has 1 heterocycles. The lowest BCUT2D eigenvalue weighted by Crippen LogP contribution is -2.34. The summed E-state index contributed by atoms with van der Waals surface area (Å²) >= 11 is 0. The molecule has 1 atom stereocenters. The van der Waals surface area contributed by atoms with Crippen LogP contribution in [0.15, 0.2) is 12.4 Å². The van der Waals surface area contributed by atoms with Crippen LogP contribution in [-0.2, 0) is 11.8 Å². The van der Waals surface area contributed by atoms with Crippen molar-refractivity contribution in [3.63, 3.8) is 0 Å². The molecule has 2 amide bonds. The maximum absolute atomic E-state index is 11.3. The van der Waals surface area contributed by atoms with Crippen molar-refractivity contribution in [1.82, 2.24) is 15.1 Å². The fraction of sp³-hybridized carbons (Fsp3) is 0.444. The lowest BCUT2D eigenvalue weighted by molar-refractivity contribution is -0.140. The first kappa shape index (κ1) is 12.0. The summed E-state index contributed by atoms with van der Waals surface area (Å²) in [5, 5.41) is 17.5. The Balaban J connectivity index is 2.34. The third-order valence-corrected chi connectivity index (χ3v) is 1.95. The molecule has 0 radical (unpaired) electrons. The highest BCUT2D eigenvalue weighted by Crippen LogP contribution is 2.02. The highest BCUT2D eigenvalue weighted by Gasteiger charge is 2.12. The molecule has 88 valence electrons. The highest BCUT2D eigenvalue weighted by molar-refractivity contribution is 5.89. The number of aryl methyl sites for hydroxylation is 1. The third-order valence-electron chi connectivity index (χ3n) is 1.95. The predicted molar refractivity (Wildman–Crippen MR) is 57.0 cm³/mol. The molecule has 0 aliphatic carbocycles. The Morgan fingerprint density at radius 3 is 2.81 bits per heavy atom. The molecule has 0 aliphatic rings. The molecule has 1 rings (SSSR count). The second-order valence-electron chi connectivity index (χ2n) is 3.48. The molecular weight excluding hydrogens is 212 g/mol. The van der Waals surface area contributed by atoms with E-state index < -0.39 is 17.9 Å². The summed E-state index contributed by atoms with van der Waals surface area (Å²) in [6.45, 7) is 1.61. The molecule has 0 aromatic carbocycles. The molecule has 3 N–H and O–H groups in total. The van der Waals surface area contributed by atoms with Crippen LogP contribution in [0.4, 0.5) is 10.5 Å². The van der Waals surface area contributed by atoms with E-state index in [0.717, 1.165) is 0 Å². The van der Waals surface area contributed by atoms with Crippen LogP contribution in [0.25, 0.3) is 0 Å². The Bertz CT molecular complexity index is 388. The van der Waals surface area contributed by atoms with Crippen LogP contribution in [0.1, 0.15) is 6.92 Å². The number of aromatic nitrogens is 2. The molecular formula is C9H14N4O3. The quantitative estimate of drug-likeness (QED) is 0.686. The molecule has 0 saturated heterocycles. The van der Waals surface area contributed by atoms with Crippen molar-refractivity contribution in [2.75, 3.05) is 11.9 Å². The minimum absolute atomic E-state index is 0.0848. The number of nitrogens with one attached hydrogen (secondary N) is 2. The molecule has 7 heteroatoms. The second-order valence-corrected chi connectivity index (χ2v) is 3.48. The molecule has 0 spiro atoms. The van der Waals surface area contributed by atoms with Gasteiger partial charge in [0.25, 0.3) is 0 Å². The number of aliphatic carboxylic acids is 1. The van der Waals surface area contributed by atoms with Gasteiger partial charge in [0, 0.05) is 19.8 Å². The zero-order chi connectivity index (χ0) is 12.1. The van der Waals surface area contributed by atoms with Crippen LogP contribution in [0.3, 0.4) is 0 Å². The van der Waals surface area contributed by atoms with Gasteiger partial charge in [-0.1, -0.05) is 6.92 Å². The van der Waals surface area contributed by atoms with Crippen LogP contribution in [0.2, 0.25) is 0 Å². The Morgan fingerprint density at radius 1 is 1.62 bits per heavy atom. The molecule has 1 unspecified atom stereocenters. The van der Waals surface area contributed by atoms with Gasteiger partial charge in [0.05, 0.1) is 17.8 Å². The van der Waals surface area contributed by atoms with E-state index in [0.29, 0.717) is 5.69 Å². The lowest BCUT2D eigenvalue weighted by atomic mass is 10.2. The minimum Gasteiger partial charge on any atom is -0.481 e. The number of carbonyl (C=O) groups is 2. The van der Waals surface area contributed by atoms with E-state index in [-0.39, 0.29) is 6.54 Å². The molecule has 7 nitrogen and oxygen atoms in total. The number of nitrogens with zero attached hydrogens (tertiary/aromatic N) is 2. The zero-order valence-corrected chi connectivity index (χ0v) is 9.10. The molecule has 16 heavy (non-hydrogen) atoms. The number of rotatable bonds is 4. The summed E-state index contributed by atoms with van der Waals surface area (Å²) in [4.78, 5) is 21.8.